The normalized spacial score (nSPS) is 9.80. The van der Waals surface area contributed by atoms with Crippen molar-refractivity contribution >= 4 is 5.96 Å². The Morgan fingerprint density at radius 2 is 2.13 bits per heavy atom. The van der Waals surface area contributed by atoms with E-state index in [0.717, 1.165) is 11.1 Å². The molecular weight excluding hydrogens is 190 g/mol. The highest BCUT2D eigenvalue weighted by Crippen LogP contribution is 2.03. The number of rotatable bonds is 3. The molecule has 0 saturated carbocycles. The molecule has 0 unspecified atom stereocenters. The summed E-state index contributed by atoms with van der Waals surface area (Å²) in [6.07, 6.45) is 0. The Morgan fingerprint density at radius 3 is 2.73 bits per heavy atom. The van der Waals surface area contributed by atoms with E-state index >= 15 is 0 Å². The lowest BCUT2D eigenvalue weighted by molar-refractivity contribution is 0.506. The zero-order valence-corrected chi connectivity index (χ0v) is 8.83. The van der Waals surface area contributed by atoms with Crippen molar-refractivity contribution in [2.75, 3.05) is 7.05 Å². The zero-order valence-electron chi connectivity index (χ0n) is 8.83. The molecule has 0 radical (unpaired) electrons. The third kappa shape index (κ3) is 3.57. The van der Waals surface area contributed by atoms with E-state index < -0.39 is 0 Å². The number of benzene rings is 1. The van der Waals surface area contributed by atoms with Gasteiger partial charge in [0.1, 0.15) is 0 Å². The molecule has 0 aliphatic carbocycles. The van der Waals surface area contributed by atoms with Gasteiger partial charge in [-0.05, 0) is 11.1 Å². The molecule has 0 bridgehead atoms. The summed E-state index contributed by atoms with van der Waals surface area (Å²) in [7, 11) is 1.62. The monoisotopic (exact) mass is 207 g/mol. The number of hydrogen-bond acceptors (Lipinski definition) is 3. The van der Waals surface area contributed by atoms with E-state index in [0.29, 0.717) is 13.1 Å². The molecule has 0 atom stereocenters. The maximum atomic E-state index is 7.46. The van der Waals surface area contributed by atoms with Crippen LogP contribution in [0.25, 0.3) is 0 Å². The van der Waals surface area contributed by atoms with Crippen molar-refractivity contribution in [3.05, 3.63) is 35.4 Å². The van der Waals surface area contributed by atoms with E-state index in [1.54, 1.807) is 7.05 Å². The summed E-state index contributed by atoms with van der Waals surface area (Å²) in [5, 5.41) is 11.6. The molecule has 15 heavy (non-hydrogen) atoms. The Morgan fingerprint density at radius 1 is 1.47 bits per heavy atom. The van der Waals surface area contributed by atoms with E-state index in [-0.39, 0.29) is 5.96 Å². The number of hydrazine groups is 1. The van der Waals surface area contributed by atoms with Crippen molar-refractivity contribution in [1.82, 2.24) is 10.3 Å². The topological polar surface area (TPSA) is 91.2 Å². The predicted molar refractivity (Wildman–Crippen MR) is 60.9 cm³/mol. The van der Waals surface area contributed by atoms with Crippen molar-refractivity contribution in [1.29, 1.82) is 5.41 Å². The third-order valence-corrected chi connectivity index (χ3v) is 2.04. The summed E-state index contributed by atoms with van der Waals surface area (Å²) < 4.78 is 0. The van der Waals surface area contributed by atoms with Crippen LogP contribution in [-0.2, 0) is 13.1 Å². The highest BCUT2D eigenvalue weighted by Gasteiger charge is 1.99. The van der Waals surface area contributed by atoms with Gasteiger partial charge in [-0.15, -0.1) is 0 Å². The van der Waals surface area contributed by atoms with E-state index in [9.17, 15) is 0 Å². The molecule has 0 aliphatic rings. The fourth-order valence-corrected chi connectivity index (χ4v) is 1.18. The first-order chi connectivity index (χ1) is 7.13. The zero-order chi connectivity index (χ0) is 11.3. The van der Waals surface area contributed by atoms with Crippen LogP contribution in [0.3, 0.4) is 0 Å². The van der Waals surface area contributed by atoms with Crippen molar-refractivity contribution < 1.29 is 0 Å². The molecule has 0 amide bonds. The smallest absolute Gasteiger partial charge is 0.205 e. The number of nitrogens with one attached hydrogen (secondary N) is 2. The van der Waals surface area contributed by atoms with Gasteiger partial charge in [0.25, 0.3) is 0 Å². The molecule has 1 rings (SSSR count). The van der Waals surface area contributed by atoms with Gasteiger partial charge in [-0.1, -0.05) is 24.3 Å². The standard InChI is InChI=1S/C10H17N5/c1-15(13)10(12)14-7-9-4-2-3-8(5-9)6-11/h2-5H,6-7,11,13H2,1H3,(H2,12,14). The minimum Gasteiger partial charge on any atom is -0.351 e. The first kappa shape index (κ1) is 11.5. The molecule has 0 fully saturated rings. The SMILES string of the molecule is CN(N)C(=N)NCc1cccc(CN)c1. The Bertz CT molecular complexity index is 334. The van der Waals surface area contributed by atoms with Crippen LogP contribution in [0.15, 0.2) is 24.3 Å². The van der Waals surface area contributed by atoms with Crippen LogP contribution in [-0.4, -0.2) is 18.0 Å². The number of guanidine groups is 1. The van der Waals surface area contributed by atoms with Gasteiger partial charge in [-0.25, -0.2) is 5.84 Å². The van der Waals surface area contributed by atoms with E-state index in [4.69, 9.17) is 17.0 Å². The van der Waals surface area contributed by atoms with Gasteiger partial charge in [-0.2, -0.15) is 0 Å². The van der Waals surface area contributed by atoms with Crippen LogP contribution in [0.2, 0.25) is 0 Å². The Balaban J connectivity index is 2.54. The maximum absolute atomic E-state index is 7.46. The van der Waals surface area contributed by atoms with Crippen molar-refractivity contribution in [3.8, 4) is 0 Å². The fourth-order valence-electron chi connectivity index (χ4n) is 1.18. The minimum atomic E-state index is 0.188. The minimum absolute atomic E-state index is 0.188. The van der Waals surface area contributed by atoms with Gasteiger partial charge in [0.05, 0.1) is 0 Å². The first-order valence-corrected chi connectivity index (χ1v) is 4.72. The lowest BCUT2D eigenvalue weighted by Crippen LogP contribution is -2.41. The molecule has 0 aromatic heterocycles. The third-order valence-electron chi connectivity index (χ3n) is 2.04. The molecule has 1 aromatic carbocycles. The van der Waals surface area contributed by atoms with Crippen LogP contribution in [0.4, 0.5) is 0 Å². The average Bonchev–Trinajstić information content (AvgIpc) is 2.26. The first-order valence-electron chi connectivity index (χ1n) is 4.72. The van der Waals surface area contributed by atoms with Crippen molar-refractivity contribution in [2.24, 2.45) is 11.6 Å². The van der Waals surface area contributed by atoms with Crippen molar-refractivity contribution in [2.45, 2.75) is 13.1 Å². The van der Waals surface area contributed by atoms with Crippen LogP contribution in [0.5, 0.6) is 0 Å². The Kier molecular flexibility index (Phi) is 4.08. The van der Waals surface area contributed by atoms with Crippen molar-refractivity contribution in [3.63, 3.8) is 0 Å². The van der Waals surface area contributed by atoms with Gasteiger partial charge in [-0.3, -0.25) is 10.4 Å². The van der Waals surface area contributed by atoms with Crippen LogP contribution >= 0.6 is 0 Å². The fraction of sp³-hybridized carbons (Fsp3) is 0.300. The van der Waals surface area contributed by atoms with E-state index in [1.807, 2.05) is 24.3 Å². The van der Waals surface area contributed by atoms with Gasteiger partial charge in [0.2, 0.25) is 5.96 Å². The summed E-state index contributed by atoms with van der Waals surface area (Å²) in [5.41, 5.74) is 7.70. The molecule has 0 aliphatic heterocycles. The Labute approximate surface area is 89.5 Å². The summed E-state index contributed by atoms with van der Waals surface area (Å²) in [6.45, 7) is 1.11. The molecular formula is C10H17N5. The molecule has 0 saturated heterocycles. The molecule has 5 heteroatoms. The quantitative estimate of drug-likeness (QED) is 0.242. The lowest BCUT2D eigenvalue weighted by atomic mass is 10.1. The second-order valence-corrected chi connectivity index (χ2v) is 3.34. The molecule has 1 aromatic rings. The van der Waals surface area contributed by atoms with Gasteiger partial charge >= 0.3 is 0 Å². The molecule has 82 valence electrons. The maximum Gasteiger partial charge on any atom is 0.205 e. The molecule has 0 heterocycles. The summed E-state index contributed by atoms with van der Waals surface area (Å²) >= 11 is 0. The second-order valence-electron chi connectivity index (χ2n) is 3.34. The van der Waals surface area contributed by atoms with Crippen LogP contribution in [0, 0.1) is 5.41 Å². The summed E-state index contributed by atoms with van der Waals surface area (Å²) in [5.74, 6) is 5.57. The van der Waals surface area contributed by atoms with Crippen LogP contribution in [0.1, 0.15) is 11.1 Å². The summed E-state index contributed by atoms with van der Waals surface area (Å²) in [4.78, 5) is 0. The largest absolute Gasteiger partial charge is 0.351 e. The number of hydrogen-bond donors (Lipinski definition) is 4. The Hall–Kier alpha value is -1.59. The van der Waals surface area contributed by atoms with Gasteiger partial charge in [0, 0.05) is 20.1 Å². The summed E-state index contributed by atoms with van der Waals surface area (Å²) in [6, 6.07) is 7.92. The highest BCUT2D eigenvalue weighted by molar-refractivity contribution is 5.75. The number of nitrogens with two attached hydrogens (primary N) is 2. The lowest BCUT2D eigenvalue weighted by Gasteiger charge is -2.14. The van der Waals surface area contributed by atoms with E-state index in [1.165, 1.54) is 5.01 Å². The predicted octanol–water partition coefficient (Wildman–Crippen LogP) is -0.0248. The molecule has 6 N–H and O–H groups in total. The highest BCUT2D eigenvalue weighted by atomic mass is 15.5. The molecule has 0 spiro atoms. The average molecular weight is 207 g/mol. The number of nitrogens with zero attached hydrogens (tertiary/aromatic N) is 1. The molecule has 5 nitrogen and oxygen atoms in total. The van der Waals surface area contributed by atoms with Gasteiger partial charge < -0.3 is 11.1 Å². The second kappa shape index (κ2) is 5.33. The van der Waals surface area contributed by atoms with E-state index in [2.05, 4.69) is 5.32 Å². The van der Waals surface area contributed by atoms with Crippen LogP contribution < -0.4 is 16.9 Å². The van der Waals surface area contributed by atoms with Gasteiger partial charge in [0.15, 0.2) is 0 Å².